The van der Waals surface area contributed by atoms with E-state index in [2.05, 4.69) is 0 Å². The topological polar surface area (TPSA) is 48.0 Å². The number of nitrogens with zero attached hydrogens (tertiary/aromatic N) is 1. The first-order valence-corrected chi connectivity index (χ1v) is 9.70. The number of anilines is 1. The minimum atomic E-state index is -0.435. The Balaban J connectivity index is 1.62. The lowest BCUT2D eigenvalue weighted by Crippen LogP contribution is -2.43. The van der Waals surface area contributed by atoms with Crippen LogP contribution in [0.2, 0.25) is 0 Å². The quantitative estimate of drug-likeness (QED) is 0.781. The van der Waals surface area contributed by atoms with Gasteiger partial charge in [0.2, 0.25) is 0 Å². The van der Waals surface area contributed by atoms with Crippen LogP contribution in [0.15, 0.2) is 18.2 Å². The van der Waals surface area contributed by atoms with Gasteiger partial charge in [-0.1, -0.05) is 18.9 Å². The van der Waals surface area contributed by atoms with Crippen LogP contribution in [0.25, 0.3) is 0 Å². The Bertz CT molecular complexity index is 696. The van der Waals surface area contributed by atoms with Gasteiger partial charge in [0.05, 0.1) is 16.9 Å². The second-order valence-electron chi connectivity index (χ2n) is 8.76. The van der Waals surface area contributed by atoms with Crippen LogP contribution < -0.4 is 15.1 Å². The van der Waals surface area contributed by atoms with Crippen molar-refractivity contribution in [1.82, 2.24) is 0 Å². The molecule has 1 amide bonds. The largest absolute Gasteiger partial charge is 0.494 e. The Labute approximate surface area is 156 Å². The highest BCUT2D eigenvalue weighted by Gasteiger charge is 2.52. The van der Waals surface area contributed by atoms with Gasteiger partial charge in [-0.3, -0.25) is 4.79 Å². The summed E-state index contributed by atoms with van der Waals surface area (Å²) in [5.74, 6) is 1.39. The van der Waals surface area contributed by atoms with Crippen molar-refractivity contribution in [3.8, 4) is 5.75 Å². The van der Waals surface area contributed by atoms with Crippen molar-refractivity contribution >= 4 is 24.2 Å². The van der Waals surface area contributed by atoms with Gasteiger partial charge in [0.15, 0.2) is 6.61 Å². The number of carbonyl (C=O) groups excluding carboxylic acids is 1. The van der Waals surface area contributed by atoms with Crippen molar-refractivity contribution in [2.45, 2.75) is 64.6 Å². The van der Waals surface area contributed by atoms with Gasteiger partial charge in [-0.05, 0) is 64.1 Å². The first kappa shape index (κ1) is 17.9. The Morgan fingerprint density at radius 2 is 1.77 bits per heavy atom. The summed E-state index contributed by atoms with van der Waals surface area (Å²) in [6.07, 6.45) is 4.95. The summed E-state index contributed by atoms with van der Waals surface area (Å²) in [5, 5.41) is 0. The van der Waals surface area contributed by atoms with Crippen molar-refractivity contribution in [2.75, 3.05) is 18.1 Å². The number of hydrogen-bond acceptors (Lipinski definition) is 4. The molecule has 2 heterocycles. The summed E-state index contributed by atoms with van der Waals surface area (Å²) < 4.78 is 18.0. The zero-order valence-corrected chi connectivity index (χ0v) is 16.2. The summed E-state index contributed by atoms with van der Waals surface area (Å²) in [4.78, 5) is 14.4. The van der Waals surface area contributed by atoms with Gasteiger partial charge in [-0.25, -0.2) is 0 Å². The fraction of sp³-hybridized carbons (Fsp3) is 0.650. The molecule has 1 aliphatic carbocycles. The van der Waals surface area contributed by atoms with E-state index < -0.39 is 7.12 Å². The SMILES string of the molecule is CC1(C)OB(c2ccc3c(c2)N(CC2CCCC2)C(=O)CO3)OC1(C)C. The van der Waals surface area contributed by atoms with E-state index in [9.17, 15) is 4.79 Å². The molecule has 0 aromatic heterocycles. The van der Waals surface area contributed by atoms with Crippen LogP contribution in [0, 0.1) is 5.92 Å². The number of benzene rings is 1. The van der Waals surface area contributed by atoms with Crippen LogP contribution >= 0.6 is 0 Å². The molecule has 0 unspecified atom stereocenters. The minimum absolute atomic E-state index is 0.0375. The third-order valence-electron chi connectivity index (χ3n) is 6.37. The Hall–Kier alpha value is -1.53. The molecule has 1 saturated carbocycles. The number of amides is 1. The Morgan fingerprint density at radius 1 is 1.12 bits per heavy atom. The monoisotopic (exact) mass is 357 g/mol. The number of fused-ring (bicyclic) bond motifs is 1. The average Bonchev–Trinajstić information content (AvgIpc) is 3.16. The van der Waals surface area contributed by atoms with E-state index in [1.807, 2.05) is 50.8 Å². The maximum absolute atomic E-state index is 12.5. The first-order chi connectivity index (χ1) is 12.3. The number of hydrogen-bond donors (Lipinski definition) is 0. The van der Waals surface area contributed by atoms with Crippen LogP contribution in [-0.4, -0.2) is 37.4 Å². The predicted molar refractivity (Wildman–Crippen MR) is 102 cm³/mol. The summed E-state index contributed by atoms with van der Waals surface area (Å²) in [6.45, 7) is 9.08. The van der Waals surface area contributed by atoms with Crippen molar-refractivity contribution in [1.29, 1.82) is 0 Å². The van der Waals surface area contributed by atoms with Crippen LogP contribution in [-0.2, 0) is 14.1 Å². The molecule has 2 aliphatic heterocycles. The van der Waals surface area contributed by atoms with E-state index >= 15 is 0 Å². The molecule has 2 fully saturated rings. The number of rotatable bonds is 3. The van der Waals surface area contributed by atoms with Gasteiger partial charge in [0, 0.05) is 6.54 Å². The van der Waals surface area contributed by atoms with Crippen LogP contribution in [0.1, 0.15) is 53.4 Å². The molecule has 5 nitrogen and oxygen atoms in total. The van der Waals surface area contributed by atoms with Gasteiger partial charge >= 0.3 is 7.12 Å². The second kappa shape index (κ2) is 6.27. The number of ether oxygens (including phenoxy) is 1. The van der Waals surface area contributed by atoms with Crippen LogP contribution in [0.3, 0.4) is 0 Å². The van der Waals surface area contributed by atoms with Crippen molar-refractivity contribution in [2.24, 2.45) is 5.92 Å². The lowest BCUT2D eigenvalue weighted by atomic mass is 9.78. The van der Waals surface area contributed by atoms with Gasteiger partial charge in [0.1, 0.15) is 5.75 Å². The fourth-order valence-electron chi connectivity index (χ4n) is 4.00. The molecule has 26 heavy (non-hydrogen) atoms. The van der Waals surface area contributed by atoms with Gasteiger partial charge in [-0.2, -0.15) is 0 Å². The highest BCUT2D eigenvalue weighted by Crippen LogP contribution is 2.38. The van der Waals surface area contributed by atoms with Crippen molar-refractivity contribution < 1.29 is 18.8 Å². The second-order valence-corrected chi connectivity index (χ2v) is 8.76. The van der Waals surface area contributed by atoms with Crippen LogP contribution in [0.5, 0.6) is 5.75 Å². The third kappa shape index (κ3) is 3.03. The zero-order valence-electron chi connectivity index (χ0n) is 16.2. The predicted octanol–water partition coefficient (Wildman–Crippen LogP) is 2.90. The highest BCUT2D eigenvalue weighted by molar-refractivity contribution is 6.62. The van der Waals surface area contributed by atoms with E-state index in [0.717, 1.165) is 23.4 Å². The van der Waals surface area contributed by atoms with E-state index in [-0.39, 0.29) is 23.7 Å². The molecule has 0 N–H and O–H groups in total. The Morgan fingerprint density at radius 3 is 2.42 bits per heavy atom. The zero-order chi connectivity index (χ0) is 18.5. The molecule has 140 valence electrons. The van der Waals surface area contributed by atoms with E-state index in [0.29, 0.717) is 5.92 Å². The molecule has 0 atom stereocenters. The maximum atomic E-state index is 12.5. The van der Waals surface area contributed by atoms with Gasteiger partial charge in [0.25, 0.3) is 5.91 Å². The fourth-order valence-corrected chi connectivity index (χ4v) is 4.00. The maximum Gasteiger partial charge on any atom is 0.494 e. The van der Waals surface area contributed by atoms with Crippen molar-refractivity contribution in [3.63, 3.8) is 0 Å². The average molecular weight is 357 g/mol. The summed E-state index contributed by atoms with van der Waals surface area (Å²) in [5.41, 5.74) is 1.00. The van der Waals surface area contributed by atoms with Gasteiger partial charge < -0.3 is 18.9 Å². The summed E-state index contributed by atoms with van der Waals surface area (Å²) in [7, 11) is -0.435. The molecule has 0 radical (unpaired) electrons. The van der Waals surface area contributed by atoms with E-state index in [4.69, 9.17) is 14.0 Å². The number of carbonyl (C=O) groups is 1. The molecule has 0 bridgehead atoms. The third-order valence-corrected chi connectivity index (χ3v) is 6.37. The molecular formula is C20H28BNO4. The summed E-state index contributed by atoms with van der Waals surface area (Å²) >= 11 is 0. The van der Waals surface area contributed by atoms with Crippen molar-refractivity contribution in [3.05, 3.63) is 18.2 Å². The summed E-state index contributed by atoms with van der Waals surface area (Å²) in [6, 6.07) is 5.91. The van der Waals surface area contributed by atoms with Gasteiger partial charge in [-0.15, -0.1) is 0 Å². The van der Waals surface area contributed by atoms with E-state index in [1.54, 1.807) is 0 Å². The molecule has 1 aromatic carbocycles. The molecular weight excluding hydrogens is 329 g/mol. The highest BCUT2D eigenvalue weighted by atomic mass is 16.7. The normalized spacial score (nSPS) is 24.7. The molecule has 6 heteroatoms. The molecule has 1 saturated heterocycles. The Kier molecular flexibility index (Phi) is 4.31. The lowest BCUT2D eigenvalue weighted by molar-refractivity contribution is -0.121. The van der Waals surface area contributed by atoms with E-state index in [1.165, 1.54) is 25.7 Å². The van der Waals surface area contributed by atoms with Crippen LogP contribution in [0.4, 0.5) is 5.69 Å². The molecule has 0 spiro atoms. The minimum Gasteiger partial charge on any atom is -0.482 e. The smallest absolute Gasteiger partial charge is 0.482 e. The molecule has 1 aromatic rings. The molecule has 4 rings (SSSR count). The lowest BCUT2D eigenvalue weighted by Gasteiger charge is -2.32. The molecule has 3 aliphatic rings. The standard InChI is InChI=1S/C20H28BNO4/c1-19(2)20(3,4)26-21(25-19)15-9-10-17-16(11-15)22(18(23)13-24-17)12-14-7-5-6-8-14/h9-11,14H,5-8,12-13H2,1-4H3. The first-order valence-electron chi connectivity index (χ1n) is 9.70.